The van der Waals surface area contributed by atoms with Gasteiger partial charge >= 0.3 is 0 Å². The van der Waals surface area contributed by atoms with Crippen LogP contribution in [0.1, 0.15) is 18.1 Å². The van der Waals surface area contributed by atoms with Crippen molar-refractivity contribution in [3.8, 4) is 0 Å². The summed E-state index contributed by atoms with van der Waals surface area (Å²) in [4.78, 5) is 1.38. The van der Waals surface area contributed by atoms with Gasteiger partial charge in [-0.1, -0.05) is 19.1 Å². The second kappa shape index (κ2) is 7.62. The fourth-order valence-electron chi connectivity index (χ4n) is 1.74. The minimum Gasteiger partial charge on any atom is -0.313 e. The van der Waals surface area contributed by atoms with Gasteiger partial charge in [0.1, 0.15) is 0 Å². The van der Waals surface area contributed by atoms with E-state index in [1.165, 1.54) is 16.0 Å². The molecular weight excluding hydrogens is 258 g/mol. The molecule has 0 radical (unpaired) electrons. The van der Waals surface area contributed by atoms with E-state index in [9.17, 15) is 0 Å². The third-order valence-electron chi connectivity index (χ3n) is 2.72. The van der Waals surface area contributed by atoms with Crippen molar-refractivity contribution < 1.29 is 0 Å². The number of rotatable bonds is 7. The Hall–Kier alpha value is -0.770. The van der Waals surface area contributed by atoms with Gasteiger partial charge in [-0.15, -0.1) is 11.8 Å². The maximum absolute atomic E-state index is 3.36. The minimum absolute atomic E-state index is 0.968. The van der Waals surface area contributed by atoms with Crippen LogP contribution in [0, 0.1) is 0 Å². The standard InChI is InChI=1S/C15H19NS2/c1-2-16-11-14-4-3-5-15(10-14)18-9-7-13-6-8-17-12-13/h3-6,8,10,12,16H,2,7,9,11H2,1H3. The lowest BCUT2D eigenvalue weighted by molar-refractivity contribution is 0.725. The zero-order valence-electron chi connectivity index (χ0n) is 10.7. The number of hydrogen-bond donors (Lipinski definition) is 1. The van der Waals surface area contributed by atoms with Crippen LogP contribution < -0.4 is 5.32 Å². The first kappa shape index (κ1) is 13.7. The fourth-order valence-corrected chi connectivity index (χ4v) is 3.42. The van der Waals surface area contributed by atoms with Crippen LogP contribution in [-0.4, -0.2) is 12.3 Å². The van der Waals surface area contributed by atoms with E-state index in [1.54, 1.807) is 11.3 Å². The number of hydrogen-bond acceptors (Lipinski definition) is 3. The molecule has 0 bridgehead atoms. The maximum Gasteiger partial charge on any atom is 0.0205 e. The Labute approximate surface area is 118 Å². The predicted molar refractivity (Wildman–Crippen MR) is 82.6 cm³/mol. The SMILES string of the molecule is CCNCc1cccc(SCCc2ccsc2)c1. The molecule has 0 aliphatic rings. The van der Waals surface area contributed by atoms with Crippen LogP contribution in [0.4, 0.5) is 0 Å². The zero-order chi connectivity index (χ0) is 12.6. The third-order valence-corrected chi connectivity index (χ3v) is 4.44. The topological polar surface area (TPSA) is 12.0 Å². The van der Waals surface area contributed by atoms with Gasteiger partial charge in [0.2, 0.25) is 0 Å². The molecule has 1 N–H and O–H groups in total. The van der Waals surface area contributed by atoms with E-state index >= 15 is 0 Å². The Bertz CT molecular complexity index is 451. The third kappa shape index (κ3) is 4.48. The van der Waals surface area contributed by atoms with Gasteiger partial charge in [-0.05, 0) is 53.1 Å². The van der Waals surface area contributed by atoms with Crippen molar-refractivity contribution in [2.24, 2.45) is 0 Å². The van der Waals surface area contributed by atoms with E-state index in [4.69, 9.17) is 0 Å². The van der Waals surface area contributed by atoms with Gasteiger partial charge in [0.15, 0.2) is 0 Å². The summed E-state index contributed by atoms with van der Waals surface area (Å²) in [5, 5.41) is 7.75. The molecule has 96 valence electrons. The van der Waals surface area contributed by atoms with Gasteiger partial charge < -0.3 is 5.32 Å². The lowest BCUT2D eigenvalue weighted by Crippen LogP contribution is -2.11. The van der Waals surface area contributed by atoms with E-state index in [0.717, 1.165) is 25.3 Å². The molecule has 1 aromatic heterocycles. The van der Waals surface area contributed by atoms with E-state index in [-0.39, 0.29) is 0 Å². The average molecular weight is 277 g/mol. The molecule has 1 nitrogen and oxygen atoms in total. The monoisotopic (exact) mass is 277 g/mol. The summed E-state index contributed by atoms with van der Waals surface area (Å²) >= 11 is 3.72. The van der Waals surface area contributed by atoms with Crippen LogP contribution >= 0.6 is 23.1 Å². The van der Waals surface area contributed by atoms with Crippen molar-refractivity contribution in [2.75, 3.05) is 12.3 Å². The first-order valence-electron chi connectivity index (χ1n) is 6.32. The molecule has 2 aromatic rings. The molecule has 0 unspecified atom stereocenters. The smallest absolute Gasteiger partial charge is 0.0205 e. The molecular formula is C15H19NS2. The number of aryl methyl sites for hydroxylation is 1. The Kier molecular flexibility index (Phi) is 5.78. The van der Waals surface area contributed by atoms with Gasteiger partial charge in [-0.3, -0.25) is 0 Å². The first-order valence-corrected chi connectivity index (χ1v) is 8.25. The zero-order valence-corrected chi connectivity index (χ0v) is 12.3. The van der Waals surface area contributed by atoms with Crippen LogP contribution in [0.3, 0.4) is 0 Å². The lowest BCUT2D eigenvalue weighted by Gasteiger charge is -2.05. The van der Waals surface area contributed by atoms with E-state index in [0.29, 0.717) is 0 Å². The first-order chi connectivity index (χ1) is 8.88. The normalized spacial score (nSPS) is 10.7. The molecule has 2 rings (SSSR count). The van der Waals surface area contributed by atoms with Crippen LogP contribution in [-0.2, 0) is 13.0 Å². The summed E-state index contributed by atoms with van der Waals surface area (Å²) in [5.74, 6) is 1.15. The molecule has 3 heteroatoms. The van der Waals surface area contributed by atoms with Crippen LogP contribution in [0.5, 0.6) is 0 Å². The summed E-state index contributed by atoms with van der Waals surface area (Å²) in [5.41, 5.74) is 2.83. The van der Waals surface area contributed by atoms with Crippen molar-refractivity contribution in [1.29, 1.82) is 0 Å². The molecule has 0 aliphatic carbocycles. The van der Waals surface area contributed by atoms with Crippen molar-refractivity contribution >= 4 is 23.1 Å². The lowest BCUT2D eigenvalue weighted by atomic mass is 10.2. The maximum atomic E-state index is 3.36. The molecule has 0 saturated carbocycles. The molecule has 0 aliphatic heterocycles. The second-order valence-electron chi connectivity index (χ2n) is 4.16. The summed E-state index contributed by atoms with van der Waals surface area (Å²) in [7, 11) is 0. The van der Waals surface area contributed by atoms with Crippen LogP contribution in [0.2, 0.25) is 0 Å². The second-order valence-corrected chi connectivity index (χ2v) is 6.11. The Morgan fingerprint density at radius 1 is 1.22 bits per heavy atom. The molecule has 1 aromatic carbocycles. The summed E-state index contributed by atoms with van der Waals surface area (Å²) < 4.78 is 0. The molecule has 1 heterocycles. The Morgan fingerprint density at radius 3 is 2.94 bits per heavy atom. The largest absolute Gasteiger partial charge is 0.313 e. The Balaban J connectivity index is 1.81. The van der Waals surface area contributed by atoms with Gasteiger partial charge in [0.25, 0.3) is 0 Å². The van der Waals surface area contributed by atoms with Crippen molar-refractivity contribution in [2.45, 2.75) is 24.8 Å². The van der Waals surface area contributed by atoms with Crippen molar-refractivity contribution in [3.05, 3.63) is 52.2 Å². The van der Waals surface area contributed by atoms with Crippen molar-refractivity contribution in [3.63, 3.8) is 0 Å². The molecule has 0 amide bonds. The van der Waals surface area contributed by atoms with E-state index in [2.05, 4.69) is 53.3 Å². The highest BCUT2D eigenvalue weighted by Crippen LogP contribution is 2.21. The summed E-state index contributed by atoms with van der Waals surface area (Å²) in [6.45, 7) is 4.13. The number of nitrogens with one attached hydrogen (secondary N) is 1. The number of benzene rings is 1. The average Bonchev–Trinajstić information content (AvgIpc) is 2.90. The molecule has 0 atom stereocenters. The van der Waals surface area contributed by atoms with Gasteiger partial charge in [-0.2, -0.15) is 11.3 Å². The Morgan fingerprint density at radius 2 is 2.17 bits per heavy atom. The number of thioether (sulfide) groups is 1. The van der Waals surface area contributed by atoms with Gasteiger partial charge in [0.05, 0.1) is 0 Å². The molecule has 0 fully saturated rings. The molecule has 0 spiro atoms. The van der Waals surface area contributed by atoms with Crippen LogP contribution in [0.25, 0.3) is 0 Å². The molecule has 0 saturated heterocycles. The summed E-state index contributed by atoms with van der Waals surface area (Å²) in [6.07, 6.45) is 1.16. The van der Waals surface area contributed by atoms with E-state index in [1.807, 2.05) is 11.8 Å². The predicted octanol–water partition coefficient (Wildman–Crippen LogP) is 4.19. The highest BCUT2D eigenvalue weighted by Gasteiger charge is 1.98. The minimum atomic E-state index is 0.968. The molecule has 18 heavy (non-hydrogen) atoms. The van der Waals surface area contributed by atoms with Crippen molar-refractivity contribution in [1.82, 2.24) is 5.32 Å². The number of thiophene rings is 1. The highest BCUT2D eigenvalue weighted by molar-refractivity contribution is 7.99. The van der Waals surface area contributed by atoms with E-state index < -0.39 is 0 Å². The summed E-state index contributed by atoms with van der Waals surface area (Å²) in [6, 6.07) is 11.0. The van der Waals surface area contributed by atoms with Gasteiger partial charge in [0, 0.05) is 17.2 Å². The highest BCUT2D eigenvalue weighted by atomic mass is 32.2. The van der Waals surface area contributed by atoms with Gasteiger partial charge in [-0.25, -0.2) is 0 Å². The quantitative estimate of drug-likeness (QED) is 0.762. The van der Waals surface area contributed by atoms with Crippen LogP contribution in [0.15, 0.2) is 46.0 Å². The fraction of sp³-hybridized carbons (Fsp3) is 0.333.